The van der Waals surface area contributed by atoms with Gasteiger partial charge in [-0.2, -0.15) is 0 Å². The van der Waals surface area contributed by atoms with Crippen LogP contribution in [-0.4, -0.2) is 100 Å². The maximum Gasteiger partial charge on any atom is 0.255 e. The number of carbonyl (C=O) groups excluding carboxylic acids is 3. The number of likely N-dealkylation sites (N-methyl/N-ethyl adjacent to an activating group) is 1. The summed E-state index contributed by atoms with van der Waals surface area (Å²) >= 11 is 0. The number of ketones is 2. The Morgan fingerprint density at radius 1 is 1.12 bits per heavy atom. The SMILES string of the molecule is CC(C)CN(Cc1cc(O)c2c(c1N(C)C)C[C@H]1C[C@H]3[C@H](N(C)C)C(O)=C(C(N)=O)C(=O)[C@@]3(O)C(O)=C1C2=O)C1CC1. The second-order valence-electron chi connectivity index (χ2n) is 13.2. The van der Waals surface area contributed by atoms with Crippen molar-refractivity contribution in [1.29, 1.82) is 0 Å². The molecule has 1 fully saturated rings. The number of aliphatic hydroxyl groups excluding tert-OH is 2. The van der Waals surface area contributed by atoms with Gasteiger partial charge in [-0.1, -0.05) is 13.8 Å². The van der Waals surface area contributed by atoms with Gasteiger partial charge in [0, 0.05) is 50.4 Å². The number of nitrogens with two attached hydrogens (primary N) is 1. The van der Waals surface area contributed by atoms with E-state index in [9.17, 15) is 34.8 Å². The van der Waals surface area contributed by atoms with E-state index in [1.165, 1.54) is 0 Å². The fraction of sp³-hybridized carbons (Fsp3) is 0.581. The van der Waals surface area contributed by atoms with Gasteiger partial charge in [0.1, 0.15) is 22.8 Å². The second-order valence-corrected chi connectivity index (χ2v) is 13.2. The molecule has 0 heterocycles. The lowest BCUT2D eigenvalue weighted by Crippen LogP contribution is -2.63. The molecule has 42 heavy (non-hydrogen) atoms. The minimum Gasteiger partial charge on any atom is -0.510 e. The maximum atomic E-state index is 14.1. The number of Topliss-reactive ketones (excluding diaryl/α,β-unsaturated/α-hetero) is 2. The van der Waals surface area contributed by atoms with Gasteiger partial charge >= 0.3 is 0 Å². The number of aromatic hydroxyl groups is 1. The number of aliphatic hydroxyl groups is 3. The Hall–Kier alpha value is -3.41. The van der Waals surface area contributed by atoms with Crippen LogP contribution in [0.5, 0.6) is 5.75 Å². The van der Waals surface area contributed by atoms with E-state index >= 15 is 0 Å². The van der Waals surface area contributed by atoms with Crippen LogP contribution in [-0.2, 0) is 22.6 Å². The highest BCUT2D eigenvalue weighted by Crippen LogP contribution is 2.53. The summed E-state index contributed by atoms with van der Waals surface area (Å²) in [7, 11) is 7.02. The van der Waals surface area contributed by atoms with Crippen LogP contribution in [0.4, 0.5) is 5.69 Å². The zero-order valence-corrected chi connectivity index (χ0v) is 25.1. The lowest BCUT2D eigenvalue weighted by Gasteiger charge is -2.50. The number of phenols is 1. The predicted octanol–water partition coefficient (Wildman–Crippen LogP) is 1.81. The summed E-state index contributed by atoms with van der Waals surface area (Å²) in [5, 5.41) is 45.5. The van der Waals surface area contributed by atoms with Gasteiger partial charge in [-0.05, 0) is 68.8 Å². The topological polar surface area (TPSA) is 168 Å². The molecule has 0 saturated heterocycles. The minimum atomic E-state index is -2.65. The third-order valence-corrected chi connectivity index (χ3v) is 9.26. The summed E-state index contributed by atoms with van der Waals surface area (Å²) in [6.45, 7) is 5.86. The molecule has 228 valence electrons. The van der Waals surface area contributed by atoms with Gasteiger partial charge in [-0.15, -0.1) is 0 Å². The summed E-state index contributed by atoms with van der Waals surface area (Å²) in [5.41, 5.74) is 4.20. The van der Waals surface area contributed by atoms with E-state index in [2.05, 4.69) is 18.7 Å². The lowest BCUT2D eigenvalue weighted by molar-refractivity contribution is -0.148. The van der Waals surface area contributed by atoms with Crippen molar-refractivity contribution in [3.05, 3.63) is 45.4 Å². The fourth-order valence-electron chi connectivity index (χ4n) is 7.52. The predicted molar refractivity (Wildman–Crippen MR) is 156 cm³/mol. The van der Waals surface area contributed by atoms with Crippen molar-refractivity contribution in [1.82, 2.24) is 9.80 Å². The Kier molecular flexibility index (Phi) is 7.44. The molecule has 11 heteroatoms. The number of fused-ring (bicyclic) bond motifs is 3. The number of carbonyl (C=O) groups is 3. The highest BCUT2D eigenvalue weighted by molar-refractivity contribution is 6.24. The largest absolute Gasteiger partial charge is 0.510 e. The molecule has 0 unspecified atom stereocenters. The van der Waals surface area contributed by atoms with Crippen molar-refractivity contribution < 1.29 is 34.8 Å². The van der Waals surface area contributed by atoms with Gasteiger partial charge < -0.3 is 31.1 Å². The molecule has 0 bridgehead atoms. The second kappa shape index (κ2) is 10.4. The molecule has 4 aliphatic rings. The Bertz CT molecular complexity index is 1420. The highest BCUT2D eigenvalue weighted by Gasteiger charge is 2.63. The molecule has 5 rings (SSSR count). The Labute approximate surface area is 245 Å². The number of amides is 1. The third-order valence-electron chi connectivity index (χ3n) is 9.26. The van der Waals surface area contributed by atoms with E-state index < -0.39 is 58.0 Å². The van der Waals surface area contributed by atoms with Crippen LogP contribution >= 0.6 is 0 Å². The van der Waals surface area contributed by atoms with E-state index in [4.69, 9.17) is 5.73 Å². The van der Waals surface area contributed by atoms with E-state index in [-0.39, 0.29) is 29.7 Å². The quantitative estimate of drug-likeness (QED) is 0.285. The summed E-state index contributed by atoms with van der Waals surface area (Å²) < 4.78 is 0. The van der Waals surface area contributed by atoms with Crippen LogP contribution in [0, 0.1) is 17.8 Å². The molecule has 0 radical (unpaired) electrons. The van der Waals surface area contributed by atoms with Crippen LogP contribution in [0.3, 0.4) is 0 Å². The van der Waals surface area contributed by atoms with Crippen molar-refractivity contribution in [3.63, 3.8) is 0 Å². The van der Waals surface area contributed by atoms with Crippen molar-refractivity contribution in [3.8, 4) is 5.75 Å². The van der Waals surface area contributed by atoms with Crippen LogP contribution < -0.4 is 10.6 Å². The van der Waals surface area contributed by atoms with Crippen LogP contribution in [0.15, 0.2) is 28.7 Å². The van der Waals surface area contributed by atoms with Gasteiger partial charge in [0.05, 0.1) is 11.6 Å². The lowest BCUT2D eigenvalue weighted by atomic mass is 9.58. The fourth-order valence-corrected chi connectivity index (χ4v) is 7.52. The van der Waals surface area contributed by atoms with Crippen molar-refractivity contribution in [2.75, 3.05) is 39.6 Å². The van der Waals surface area contributed by atoms with Crippen LogP contribution in [0.2, 0.25) is 0 Å². The standard InChI is InChI=1S/C31H42N4O7/c1-14(2)12-35(17-7-8-17)13-16-11-20(36)22-18(24(16)33(3)4)9-15-10-19-25(34(5)6)27(38)23(30(32)41)29(40)31(19,42)28(39)21(15)26(22)37/h11,14-15,17,19,25,36,38-39,42H,7-10,12-13H2,1-6H3,(H2,32,41)/t15-,19-,25-,31-/m0/s1. The summed E-state index contributed by atoms with van der Waals surface area (Å²) in [5.74, 6) is -6.01. The normalized spacial score (nSPS) is 27.5. The molecule has 1 aromatic rings. The van der Waals surface area contributed by atoms with E-state index in [1.54, 1.807) is 25.1 Å². The number of nitrogens with zero attached hydrogens (tertiary/aromatic N) is 3. The minimum absolute atomic E-state index is 0.0325. The zero-order chi connectivity index (χ0) is 31.0. The van der Waals surface area contributed by atoms with Gasteiger partial charge in [-0.3, -0.25) is 24.2 Å². The number of hydrogen-bond acceptors (Lipinski definition) is 10. The first-order valence-corrected chi connectivity index (χ1v) is 14.5. The Balaban J connectivity index is 1.66. The third kappa shape index (κ3) is 4.49. The molecule has 0 spiro atoms. The number of anilines is 1. The van der Waals surface area contributed by atoms with Crippen LogP contribution in [0.25, 0.3) is 0 Å². The molecule has 1 saturated carbocycles. The molecule has 1 amide bonds. The monoisotopic (exact) mass is 582 g/mol. The Morgan fingerprint density at radius 2 is 1.76 bits per heavy atom. The van der Waals surface area contributed by atoms with Gasteiger partial charge in [0.2, 0.25) is 5.78 Å². The van der Waals surface area contributed by atoms with Gasteiger partial charge in [-0.25, -0.2) is 0 Å². The zero-order valence-electron chi connectivity index (χ0n) is 25.1. The first kappa shape index (κ1) is 30.1. The molecule has 6 N–H and O–H groups in total. The number of hydrogen-bond donors (Lipinski definition) is 5. The summed E-state index contributed by atoms with van der Waals surface area (Å²) in [6, 6.07) is 1.08. The smallest absolute Gasteiger partial charge is 0.255 e. The molecule has 1 aromatic carbocycles. The first-order valence-electron chi connectivity index (χ1n) is 14.5. The Morgan fingerprint density at radius 3 is 2.29 bits per heavy atom. The molecule has 4 aliphatic carbocycles. The molecular weight excluding hydrogens is 540 g/mol. The number of rotatable bonds is 8. The van der Waals surface area contributed by atoms with E-state index in [1.807, 2.05) is 19.0 Å². The van der Waals surface area contributed by atoms with E-state index in [0.717, 1.165) is 30.6 Å². The molecule has 0 aromatic heterocycles. The van der Waals surface area contributed by atoms with Crippen molar-refractivity contribution >= 4 is 23.2 Å². The van der Waals surface area contributed by atoms with Crippen molar-refractivity contribution in [2.24, 2.45) is 23.5 Å². The average molecular weight is 583 g/mol. The number of benzene rings is 1. The van der Waals surface area contributed by atoms with Crippen LogP contribution in [0.1, 0.15) is 54.6 Å². The molecule has 11 nitrogen and oxygen atoms in total. The van der Waals surface area contributed by atoms with E-state index in [0.29, 0.717) is 24.1 Å². The van der Waals surface area contributed by atoms with Gasteiger partial charge in [0.25, 0.3) is 5.91 Å². The van der Waals surface area contributed by atoms with Gasteiger partial charge in [0.15, 0.2) is 11.4 Å². The number of allylic oxidation sites excluding steroid dienone is 1. The number of phenolic OH excluding ortho intramolecular Hbond substituents is 1. The average Bonchev–Trinajstić information content (AvgIpc) is 3.70. The number of primary amides is 1. The maximum absolute atomic E-state index is 14.1. The first-order chi connectivity index (χ1) is 19.6. The van der Waals surface area contributed by atoms with Crippen molar-refractivity contribution in [2.45, 2.75) is 63.8 Å². The molecule has 0 aliphatic heterocycles. The molecule has 4 atom stereocenters. The summed E-state index contributed by atoms with van der Waals surface area (Å²) in [6.07, 6.45) is 2.58. The summed E-state index contributed by atoms with van der Waals surface area (Å²) in [4.78, 5) is 45.7. The highest BCUT2D eigenvalue weighted by atomic mass is 16.3. The molecular formula is C31H42N4O7.